The fraction of sp³-hybridized carbons (Fsp3) is 0.588. The van der Waals surface area contributed by atoms with Crippen LogP contribution in [0.2, 0.25) is 10.0 Å². The van der Waals surface area contributed by atoms with E-state index in [4.69, 9.17) is 33.0 Å². The van der Waals surface area contributed by atoms with E-state index in [0.29, 0.717) is 29.2 Å². The van der Waals surface area contributed by atoms with E-state index in [1.807, 2.05) is 6.07 Å². The monoisotopic (exact) mass is 372 g/mol. The Labute approximate surface area is 152 Å². The lowest BCUT2D eigenvalue weighted by atomic mass is 9.99. The minimum Gasteiger partial charge on any atom is -0.490 e. The Kier molecular flexibility index (Phi) is 5.74. The van der Waals surface area contributed by atoms with Gasteiger partial charge in [-0.3, -0.25) is 4.90 Å². The largest absolute Gasteiger partial charge is 0.490 e. The van der Waals surface area contributed by atoms with Crippen molar-refractivity contribution in [3.8, 4) is 5.75 Å². The molecule has 0 radical (unpaired) electrons. The number of ether oxygens (including phenoxy) is 1. The Morgan fingerprint density at radius 3 is 2.29 bits per heavy atom. The summed E-state index contributed by atoms with van der Waals surface area (Å²) >= 11 is 11.9. The molecule has 2 aliphatic rings. The van der Waals surface area contributed by atoms with Gasteiger partial charge < -0.3 is 14.7 Å². The van der Waals surface area contributed by atoms with Crippen LogP contribution < -0.4 is 4.74 Å². The third-order valence-electron chi connectivity index (χ3n) is 4.92. The van der Waals surface area contributed by atoms with Gasteiger partial charge in [-0.1, -0.05) is 23.2 Å². The Morgan fingerprint density at radius 1 is 1.04 bits per heavy atom. The molecule has 132 valence electrons. The Morgan fingerprint density at radius 2 is 1.71 bits per heavy atom. The molecule has 5 nitrogen and oxygen atoms in total. The minimum absolute atomic E-state index is 0.192. The average Bonchev–Trinajstić information content (AvgIpc) is 2.59. The first-order valence-electron chi connectivity index (χ1n) is 8.36. The topological polar surface area (TPSA) is 53.0 Å². The summed E-state index contributed by atoms with van der Waals surface area (Å²) in [6.07, 6.45) is 3.17. The van der Waals surface area contributed by atoms with Crippen molar-refractivity contribution >= 4 is 29.3 Å². The first kappa shape index (κ1) is 17.6. The Hall–Kier alpha value is -1.17. The van der Waals surface area contributed by atoms with Crippen LogP contribution in [0.15, 0.2) is 18.2 Å². The fourth-order valence-electron chi connectivity index (χ4n) is 3.52. The van der Waals surface area contributed by atoms with E-state index in [1.165, 1.54) is 4.90 Å². The van der Waals surface area contributed by atoms with Crippen molar-refractivity contribution in [3.05, 3.63) is 28.2 Å². The highest BCUT2D eigenvalue weighted by molar-refractivity contribution is 6.42. The Bertz CT molecular complexity index is 583. The molecule has 1 N–H and O–H groups in total. The van der Waals surface area contributed by atoms with Crippen molar-refractivity contribution in [1.29, 1.82) is 0 Å². The molecule has 24 heavy (non-hydrogen) atoms. The summed E-state index contributed by atoms with van der Waals surface area (Å²) in [6, 6.07) is 5.86. The number of amides is 1. The molecule has 2 fully saturated rings. The molecule has 0 aromatic heterocycles. The molecule has 0 atom stereocenters. The highest BCUT2D eigenvalue weighted by Gasteiger charge is 2.30. The van der Waals surface area contributed by atoms with Crippen LogP contribution >= 0.6 is 23.2 Å². The summed E-state index contributed by atoms with van der Waals surface area (Å²) in [4.78, 5) is 15.0. The van der Waals surface area contributed by atoms with Crippen LogP contribution in [0, 0.1) is 0 Å². The van der Waals surface area contributed by atoms with E-state index in [0.717, 1.165) is 44.5 Å². The third-order valence-corrected chi connectivity index (χ3v) is 5.66. The van der Waals surface area contributed by atoms with E-state index >= 15 is 0 Å². The van der Waals surface area contributed by atoms with Gasteiger partial charge in [-0.15, -0.1) is 0 Å². The second-order valence-electron chi connectivity index (χ2n) is 6.43. The van der Waals surface area contributed by atoms with Crippen molar-refractivity contribution in [1.82, 2.24) is 9.80 Å². The highest BCUT2D eigenvalue weighted by Crippen LogP contribution is 2.29. The van der Waals surface area contributed by atoms with Gasteiger partial charge in [0, 0.05) is 38.3 Å². The lowest BCUT2D eigenvalue weighted by Gasteiger charge is -2.41. The van der Waals surface area contributed by atoms with E-state index in [1.54, 1.807) is 12.1 Å². The molecule has 1 aromatic carbocycles. The lowest BCUT2D eigenvalue weighted by molar-refractivity contribution is 0.0487. The molecule has 0 saturated carbocycles. The quantitative estimate of drug-likeness (QED) is 0.871. The minimum atomic E-state index is -0.804. The second kappa shape index (κ2) is 7.81. The van der Waals surface area contributed by atoms with Gasteiger partial charge >= 0.3 is 6.09 Å². The SMILES string of the molecule is O=C(O)N1CCC(N2CCC(Oc3ccc(Cl)c(Cl)c3)CC2)CC1. The number of hydrogen-bond acceptors (Lipinski definition) is 3. The maximum Gasteiger partial charge on any atom is 0.407 e. The van der Waals surface area contributed by atoms with Crippen LogP contribution in [-0.4, -0.2) is 59.3 Å². The van der Waals surface area contributed by atoms with Crippen molar-refractivity contribution in [2.24, 2.45) is 0 Å². The van der Waals surface area contributed by atoms with Gasteiger partial charge in [-0.25, -0.2) is 4.79 Å². The van der Waals surface area contributed by atoms with Crippen LogP contribution in [0.3, 0.4) is 0 Å². The number of piperidine rings is 2. The van der Waals surface area contributed by atoms with Crippen LogP contribution in [0.5, 0.6) is 5.75 Å². The van der Waals surface area contributed by atoms with Gasteiger partial charge in [0.05, 0.1) is 10.0 Å². The summed E-state index contributed by atoms with van der Waals surface area (Å²) in [7, 11) is 0. The number of benzene rings is 1. The van der Waals surface area contributed by atoms with Crippen LogP contribution in [0.1, 0.15) is 25.7 Å². The van der Waals surface area contributed by atoms with Crippen molar-refractivity contribution in [3.63, 3.8) is 0 Å². The number of halogens is 2. The summed E-state index contributed by atoms with van der Waals surface area (Å²) in [5.74, 6) is 0.762. The molecular weight excluding hydrogens is 351 g/mol. The third kappa shape index (κ3) is 4.26. The lowest BCUT2D eigenvalue weighted by Crippen LogP contribution is -2.49. The summed E-state index contributed by atoms with van der Waals surface area (Å²) in [5.41, 5.74) is 0. The summed E-state index contributed by atoms with van der Waals surface area (Å²) in [6.45, 7) is 3.26. The van der Waals surface area contributed by atoms with Crippen molar-refractivity contribution in [2.45, 2.75) is 37.8 Å². The standard InChI is InChI=1S/C17H22Cl2N2O3/c18-15-2-1-14(11-16(15)19)24-13-5-9-20(10-6-13)12-3-7-21(8-4-12)17(22)23/h1-2,11-13H,3-10H2,(H,22,23). The molecule has 0 aliphatic carbocycles. The first-order chi connectivity index (χ1) is 11.5. The van der Waals surface area contributed by atoms with E-state index in [2.05, 4.69) is 4.90 Å². The van der Waals surface area contributed by atoms with Gasteiger partial charge in [0.25, 0.3) is 0 Å². The molecule has 1 amide bonds. The second-order valence-corrected chi connectivity index (χ2v) is 7.24. The van der Waals surface area contributed by atoms with Crippen LogP contribution in [-0.2, 0) is 0 Å². The molecule has 3 rings (SSSR count). The molecule has 0 bridgehead atoms. The van der Waals surface area contributed by atoms with Gasteiger partial charge in [0.2, 0.25) is 0 Å². The zero-order valence-corrected chi connectivity index (χ0v) is 15.0. The number of nitrogens with zero attached hydrogens (tertiary/aromatic N) is 2. The van der Waals surface area contributed by atoms with Gasteiger partial charge in [0.1, 0.15) is 11.9 Å². The number of carboxylic acid groups (broad SMARTS) is 1. The molecule has 0 unspecified atom stereocenters. The smallest absolute Gasteiger partial charge is 0.407 e. The van der Waals surface area contributed by atoms with E-state index < -0.39 is 6.09 Å². The zero-order chi connectivity index (χ0) is 17.1. The van der Waals surface area contributed by atoms with Gasteiger partial charge in [0.15, 0.2) is 0 Å². The Balaban J connectivity index is 1.46. The summed E-state index contributed by atoms with van der Waals surface area (Å²) < 4.78 is 6.02. The molecule has 2 saturated heterocycles. The van der Waals surface area contributed by atoms with E-state index in [9.17, 15) is 4.79 Å². The molecule has 2 aliphatic heterocycles. The van der Waals surface area contributed by atoms with Crippen LogP contribution in [0.25, 0.3) is 0 Å². The van der Waals surface area contributed by atoms with Crippen molar-refractivity contribution in [2.75, 3.05) is 26.2 Å². The van der Waals surface area contributed by atoms with Crippen LogP contribution in [0.4, 0.5) is 4.79 Å². The predicted octanol–water partition coefficient (Wildman–Crippen LogP) is 3.98. The molecule has 1 aromatic rings. The maximum absolute atomic E-state index is 11.0. The number of rotatable bonds is 3. The number of carbonyl (C=O) groups is 1. The van der Waals surface area contributed by atoms with E-state index in [-0.39, 0.29) is 6.10 Å². The maximum atomic E-state index is 11.0. The molecule has 2 heterocycles. The summed E-state index contributed by atoms with van der Waals surface area (Å²) in [5, 5.41) is 10.1. The molecule has 7 heteroatoms. The number of hydrogen-bond donors (Lipinski definition) is 1. The van der Waals surface area contributed by atoms with Gasteiger partial charge in [-0.05, 0) is 37.8 Å². The number of likely N-dealkylation sites (tertiary alicyclic amines) is 2. The van der Waals surface area contributed by atoms with Crippen molar-refractivity contribution < 1.29 is 14.6 Å². The van der Waals surface area contributed by atoms with Gasteiger partial charge in [-0.2, -0.15) is 0 Å². The fourth-order valence-corrected chi connectivity index (χ4v) is 3.81. The normalized spacial score (nSPS) is 21.0. The average molecular weight is 373 g/mol. The first-order valence-corrected chi connectivity index (χ1v) is 9.12. The highest BCUT2D eigenvalue weighted by atomic mass is 35.5. The predicted molar refractivity (Wildman–Crippen MR) is 94.3 cm³/mol. The zero-order valence-electron chi connectivity index (χ0n) is 13.5. The molecular formula is C17H22Cl2N2O3. The molecule has 0 spiro atoms.